The van der Waals surface area contributed by atoms with E-state index >= 15 is 0 Å². The summed E-state index contributed by atoms with van der Waals surface area (Å²) in [4.78, 5) is 0. The molecule has 62 heavy (non-hydrogen) atoms. The minimum atomic E-state index is -5.10. The third-order valence-corrected chi connectivity index (χ3v) is 11.9. The fourth-order valence-electron chi connectivity index (χ4n) is 8.97. The standard InChI is InChI=1S/C53H33F6N3/c1-31-11-3-5-13-39(31)33-19-21-43-41-15-7-9-17-46(41)61(48(43)25-33)50-27-36(30-60)45(35-23-37(52(54,55)56)28-38(24-35)53(57,58)59)29-51(50)62-47-18-10-8-16-42(47)44-22-20-34(26-49(44)62)40-14-6-4-12-32(40)2/h3-29H,1-2H3. The highest BCUT2D eigenvalue weighted by atomic mass is 19.4. The summed E-state index contributed by atoms with van der Waals surface area (Å²) in [6, 6.07) is 50.8. The second-order valence-corrected chi connectivity index (χ2v) is 15.6. The van der Waals surface area contributed by atoms with E-state index in [4.69, 9.17) is 0 Å². The highest BCUT2D eigenvalue weighted by Gasteiger charge is 2.37. The fraction of sp³-hybridized carbons (Fsp3) is 0.0755. The van der Waals surface area contributed by atoms with Crippen LogP contribution in [0.4, 0.5) is 26.3 Å². The molecule has 0 atom stereocenters. The van der Waals surface area contributed by atoms with Crippen LogP contribution in [0.1, 0.15) is 27.8 Å². The lowest BCUT2D eigenvalue weighted by molar-refractivity contribution is -0.143. The Labute approximate surface area is 351 Å². The van der Waals surface area contributed by atoms with Gasteiger partial charge in [-0.05, 0) is 107 Å². The van der Waals surface area contributed by atoms with E-state index < -0.39 is 23.5 Å². The van der Waals surface area contributed by atoms with Gasteiger partial charge in [-0.1, -0.05) is 109 Å². The van der Waals surface area contributed by atoms with Crippen molar-refractivity contribution in [2.24, 2.45) is 0 Å². The van der Waals surface area contributed by atoms with Crippen molar-refractivity contribution in [2.75, 3.05) is 0 Å². The monoisotopic (exact) mass is 825 g/mol. The molecule has 0 saturated carbocycles. The molecule has 9 heteroatoms. The molecule has 0 N–H and O–H groups in total. The third kappa shape index (κ3) is 6.29. The predicted octanol–water partition coefficient (Wildman–Crippen LogP) is 15.4. The summed E-state index contributed by atoms with van der Waals surface area (Å²) in [5.41, 5.74) is 6.56. The van der Waals surface area contributed by atoms with Crippen LogP contribution in [0.2, 0.25) is 0 Å². The van der Waals surface area contributed by atoms with Crippen LogP contribution in [0, 0.1) is 25.2 Å². The zero-order valence-corrected chi connectivity index (χ0v) is 33.2. The number of benzene rings is 8. The van der Waals surface area contributed by atoms with Crippen LogP contribution >= 0.6 is 0 Å². The summed E-state index contributed by atoms with van der Waals surface area (Å²) in [5, 5.41) is 14.5. The van der Waals surface area contributed by atoms with Gasteiger partial charge in [0, 0.05) is 27.1 Å². The van der Waals surface area contributed by atoms with Gasteiger partial charge in [0.25, 0.3) is 0 Å². The highest BCUT2D eigenvalue weighted by Crippen LogP contribution is 2.45. The summed E-state index contributed by atoms with van der Waals surface area (Å²) in [7, 11) is 0. The number of fused-ring (bicyclic) bond motifs is 6. The van der Waals surface area contributed by atoms with E-state index in [9.17, 15) is 31.6 Å². The molecule has 0 saturated heterocycles. The number of halogens is 6. The van der Waals surface area contributed by atoms with E-state index in [1.54, 1.807) is 12.1 Å². The van der Waals surface area contributed by atoms with Crippen LogP contribution < -0.4 is 0 Å². The first-order valence-corrected chi connectivity index (χ1v) is 19.9. The van der Waals surface area contributed by atoms with E-state index in [1.807, 2.05) is 132 Å². The maximum absolute atomic E-state index is 14.4. The first-order valence-electron chi connectivity index (χ1n) is 19.9. The Morgan fingerprint density at radius 1 is 0.403 bits per heavy atom. The first-order chi connectivity index (χ1) is 29.8. The fourth-order valence-corrected chi connectivity index (χ4v) is 8.97. The largest absolute Gasteiger partial charge is 0.416 e. The van der Waals surface area contributed by atoms with Crippen LogP contribution in [0.15, 0.2) is 164 Å². The number of hydrogen-bond donors (Lipinski definition) is 0. The van der Waals surface area contributed by atoms with E-state index in [-0.39, 0.29) is 22.8 Å². The number of alkyl halides is 6. The van der Waals surface area contributed by atoms with Crippen LogP contribution in [-0.4, -0.2) is 9.13 Å². The molecule has 0 aliphatic heterocycles. The Morgan fingerprint density at radius 2 is 0.823 bits per heavy atom. The quantitative estimate of drug-likeness (QED) is 0.159. The molecule has 302 valence electrons. The van der Waals surface area contributed by atoms with E-state index in [0.717, 1.165) is 77.0 Å². The average molecular weight is 826 g/mol. The molecule has 0 bridgehead atoms. The molecule has 10 rings (SSSR count). The summed E-state index contributed by atoms with van der Waals surface area (Å²) in [6.07, 6.45) is -10.2. The lowest BCUT2D eigenvalue weighted by Crippen LogP contribution is -2.11. The molecule has 0 fully saturated rings. The van der Waals surface area contributed by atoms with Gasteiger partial charge in [0.2, 0.25) is 0 Å². The van der Waals surface area contributed by atoms with Gasteiger partial charge >= 0.3 is 12.4 Å². The normalized spacial score (nSPS) is 12.2. The maximum Gasteiger partial charge on any atom is 0.416 e. The Balaban J connectivity index is 1.38. The molecular formula is C53H33F6N3. The van der Waals surface area contributed by atoms with Crippen LogP contribution in [0.25, 0.3) is 88.4 Å². The molecule has 3 nitrogen and oxygen atoms in total. The topological polar surface area (TPSA) is 33.6 Å². The SMILES string of the molecule is Cc1ccccc1-c1ccc2c3ccccc3n(-c3cc(C#N)c(-c4cc(C(F)(F)F)cc(C(F)(F)F)c4)cc3-n3c4ccccc4c4ccc(-c5ccccc5C)cc43)c2c1. The smallest absolute Gasteiger partial charge is 0.307 e. The molecule has 10 aromatic rings. The second-order valence-electron chi connectivity index (χ2n) is 15.6. The number of nitrogens with zero attached hydrogens (tertiary/aromatic N) is 3. The van der Waals surface area contributed by atoms with Crippen LogP contribution in [0.3, 0.4) is 0 Å². The molecule has 0 unspecified atom stereocenters. The Hall–Kier alpha value is -7.57. The second kappa shape index (κ2) is 14.3. The molecule has 2 aromatic heterocycles. The number of hydrogen-bond acceptors (Lipinski definition) is 1. The van der Waals surface area contributed by atoms with E-state index in [0.29, 0.717) is 23.5 Å². The molecule has 8 aromatic carbocycles. The van der Waals surface area contributed by atoms with E-state index in [1.165, 1.54) is 0 Å². The summed E-state index contributed by atoms with van der Waals surface area (Å²) < 4.78 is 90.3. The maximum atomic E-state index is 14.4. The number of aryl methyl sites for hydroxylation is 2. The first kappa shape index (κ1) is 38.6. The van der Waals surface area contributed by atoms with Crippen molar-refractivity contribution >= 4 is 43.6 Å². The van der Waals surface area contributed by atoms with Crippen molar-refractivity contribution in [1.29, 1.82) is 5.26 Å². The highest BCUT2D eigenvalue weighted by molar-refractivity contribution is 6.13. The summed E-state index contributed by atoms with van der Waals surface area (Å²) in [6.45, 7) is 4.06. The number of rotatable bonds is 5. The Morgan fingerprint density at radius 3 is 1.27 bits per heavy atom. The third-order valence-electron chi connectivity index (χ3n) is 11.9. The lowest BCUT2D eigenvalue weighted by atomic mass is 9.94. The molecule has 0 aliphatic rings. The minimum absolute atomic E-state index is 0.0785. The molecule has 2 heterocycles. The molecular weight excluding hydrogens is 793 g/mol. The van der Waals surface area contributed by atoms with Crippen molar-refractivity contribution < 1.29 is 26.3 Å². The van der Waals surface area contributed by atoms with Gasteiger partial charge in [0.15, 0.2) is 0 Å². The number of aromatic nitrogens is 2. The summed E-state index contributed by atoms with van der Waals surface area (Å²) in [5.74, 6) is 0. The number of nitriles is 1. The number of para-hydroxylation sites is 2. The zero-order chi connectivity index (χ0) is 43.1. The average Bonchev–Trinajstić information content (AvgIpc) is 3.77. The molecule has 0 amide bonds. The van der Waals surface area contributed by atoms with Gasteiger partial charge in [0.05, 0.1) is 56.2 Å². The minimum Gasteiger partial charge on any atom is -0.307 e. The summed E-state index contributed by atoms with van der Waals surface area (Å²) >= 11 is 0. The van der Waals surface area contributed by atoms with Crippen molar-refractivity contribution in [2.45, 2.75) is 26.2 Å². The lowest BCUT2D eigenvalue weighted by Gasteiger charge is -2.21. The van der Waals surface area contributed by atoms with Gasteiger partial charge in [-0.2, -0.15) is 31.6 Å². The van der Waals surface area contributed by atoms with E-state index in [2.05, 4.69) is 30.3 Å². The predicted molar refractivity (Wildman–Crippen MR) is 236 cm³/mol. The Kier molecular flexibility index (Phi) is 8.89. The van der Waals surface area contributed by atoms with Gasteiger partial charge in [-0.3, -0.25) is 0 Å². The zero-order valence-electron chi connectivity index (χ0n) is 33.2. The van der Waals surface area contributed by atoms with Gasteiger partial charge in [-0.15, -0.1) is 0 Å². The van der Waals surface area contributed by atoms with Crippen molar-refractivity contribution in [1.82, 2.24) is 9.13 Å². The van der Waals surface area contributed by atoms with Crippen LogP contribution in [0.5, 0.6) is 0 Å². The Bertz CT molecular complexity index is 3450. The van der Waals surface area contributed by atoms with Gasteiger partial charge in [0.1, 0.15) is 0 Å². The van der Waals surface area contributed by atoms with Gasteiger partial charge in [-0.25, -0.2) is 0 Å². The van der Waals surface area contributed by atoms with Crippen molar-refractivity contribution in [3.63, 3.8) is 0 Å². The van der Waals surface area contributed by atoms with Crippen molar-refractivity contribution in [3.05, 3.63) is 192 Å². The van der Waals surface area contributed by atoms with Crippen molar-refractivity contribution in [3.8, 4) is 50.8 Å². The molecule has 0 aliphatic carbocycles. The van der Waals surface area contributed by atoms with Gasteiger partial charge < -0.3 is 9.13 Å². The van der Waals surface area contributed by atoms with Crippen LogP contribution in [-0.2, 0) is 12.4 Å². The molecule has 0 radical (unpaired) electrons. The molecule has 0 spiro atoms.